The number of hydrogen-bond acceptors (Lipinski definition) is 5. The minimum atomic E-state index is -4.07. The van der Waals surface area contributed by atoms with Crippen molar-refractivity contribution in [3.05, 3.63) is 35.9 Å². The van der Waals surface area contributed by atoms with E-state index in [9.17, 15) is 13.2 Å². The van der Waals surface area contributed by atoms with Crippen LogP contribution >= 0.6 is 0 Å². The molecule has 0 aliphatic carbocycles. The number of aliphatic imine (C=N–C) groups is 1. The second-order valence-electron chi connectivity index (χ2n) is 4.72. The number of carbonyl (C=O) groups is 1. The molecule has 0 bridgehead atoms. The second-order valence-corrected chi connectivity index (χ2v) is 6.29. The quantitative estimate of drug-likeness (QED) is 0.488. The smallest absolute Gasteiger partial charge is 0.267 e. The molecule has 1 aromatic carbocycles. The predicted molar refractivity (Wildman–Crippen MR) is 79.4 cm³/mol. The zero-order valence-electron chi connectivity index (χ0n) is 11.2. The van der Waals surface area contributed by atoms with E-state index in [-0.39, 0.29) is 13.2 Å². The number of hydrogen-bond donors (Lipinski definition) is 1. The summed E-state index contributed by atoms with van der Waals surface area (Å²) in [5, 5.41) is 0. The van der Waals surface area contributed by atoms with Crippen LogP contribution in [0, 0.1) is 5.41 Å². The van der Waals surface area contributed by atoms with Crippen molar-refractivity contribution in [2.45, 2.75) is 0 Å². The van der Waals surface area contributed by atoms with Gasteiger partial charge in [0.1, 0.15) is 11.7 Å². The highest BCUT2D eigenvalue weighted by molar-refractivity contribution is 7.85. The van der Waals surface area contributed by atoms with Crippen molar-refractivity contribution in [3.8, 4) is 0 Å². The molecule has 1 aliphatic heterocycles. The highest BCUT2D eigenvalue weighted by Gasteiger charge is 2.26. The number of ether oxygens (including phenoxy) is 1. The first-order valence-corrected chi connectivity index (χ1v) is 7.88. The van der Waals surface area contributed by atoms with Gasteiger partial charge >= 0.3 is 0 Å². The number of fused-ring (bicyclic) bond motifs is 1. The summed E-state index contributed by atoms with van der Waals surface area (Å²) in [5.41, 5.74) is 0.587. The van der Waals surface area contributed by atoms with Crippen LogP contribution in [0.3, 0.4) is 0 Å². The molecule has 0 fully saturated rings. The molecule has 1 aliphatic rings. The summed E-state index contributed by atoms with van der Waals surface area (Å²) in [6, 6.07) is 7.43. The second kappa shape index (κ2) is 6.30. The molecule has 0 amide bonds. The van der Waals surface area contributed by atoms with E-state index in [0.29, 0.717) is 6.29 Å². The van der Waals surface area contributed by atoms with Gasteiger partial charge in [-0.3, -0.25) is 9.55 Å². The molecular formula is C14H15NO5S. The molecular weight excluding hydrogens is 294 g/mol. The Hall–Kier alpha value is -1.83. The van der Waals surface area contributed by atoms with Crippen molar-refractivity contribution < 1.29 is 22.5 Å². The molecule has 21 heavy (non-hydrogen) atoms. The molecule has 7 heteroatoms. The largest absolute Gasteiger partial charge is 0.379 e. The Labute approximate surface area is 122 Å². The molecule has 0 radical (unpaired) electrons. The Morgan fingerprint density at radius 2 is 2.10 bits per heavy atom. The number of carbonyl (C=O) groups excluding carboxylic acids is 1. The van der Waals surface area contributed by atoms with Gasteiger partial charge in [0.2, 0.25) is 0 Å². The number of nitrogens with zero attached hydrogens (tertiary/aromatic N) is 1. The zero-order valence-corrected chi connectivity index (χ0v) is 12.0. The van der Waals surface area contributed by atoms with Gasteiger partial charge in [-0.1, -0.05) is 30.4 Å². The van der Waals surface area contributed by atoms with Crippen molar-refractivity contribution in [1.29, 1.82) is 0 Å². The van der Waals surface area contributed by atoms with Gasteiger partial charge in [-0.15, -0.1) is 0 Å². The standard InChI is InChI=1S/C14H15NO5S/c16-10-14(11-20-7-8-21(17,18)19)6-5-12-3-1-2-4-13(12)15-9-14/h1-6,9-10H,7-8,11H2,(H,17,18,19). The van der Waals surface area contributed by atoms with Gasteiger partial charge in [0.15, 0.2) is 0 Å². The van der Waals surface area contributed by atoms with Crippen molar-refractivity contribution in [3.63, 3.8) is 0 Å². The Kier molecular flexibility index (Phi) is 4.66. The molecule has 0 saturated heterocycles. The first-order valence-electron chi connectivity index (χ1n) is 6.27. The van der Waals surface area contributed by atoms with Crippen LogP contribution in [-0.4, -0.2) is 44.4 Å². The summed E-state index contributed by atoms with van der Waals surface area (Å²) < 4.78 is 35.0. The molecule has 1 aromatic rings. The Morgan fingerprint density at radius 1 is 1.33 bits per heavy atom. The Balaban J connectivity index is 2.08. The van der Waals surface area contributed by atoms with E-state index in [2.05, 4.69) is 4.99 Å². The maximum Gasteiger partial charge on any atom is 0.267 e. The highest BCUT2D eigenvalue weighted by Crippen LogP contribution is 2.27. The number of rotatable bonds is 6. The first-order chi connectivity index (χ1) is 9.94. The average molecular weight is 309 g/mol. The van der Waals surface area contributed by atoms with Gasteiger partial charge < -0.3 is 9.53 Å². The van der Waals surface area contributed by atoms with Gasteiger partial charge in [-0.25, -0.2) is 0 Å². The number of para-hydroxylation sites is 1. The minimum absolute atomic E-state index is 0.0417. The third kappa shape index (κ3) is 4.32. The summed E-state index contributed by atoms with van der Waals surface area (Å²) >= 11 is 0. The van der Waals surface area contributed by atoms with Crippen LogP contribution in [-0.2, 0) is 19.6 Å². The molecule has 1 atom stereocenters. The number of aldehydes is 1. The lowest BCUT2D eigenvalue weighted by Gasteiger charge is -2.18. The van der Waals surface area contributed by atoms with E-state index in [1.807, 2.05) is 24.3 Å². The van der Waals surface area contributed by atoms with Crippen LogP contribution in [0.4, 0.5) is 5.69 Å². The van der Waals surface area contributed by atoms with E-state index in [0.717, 1.165) is 11.3 Å². The molecule has 0 spiro atoms. The summed E-state index contributed by atoms with van der Waals surface area (Å²) in [5.74, 6) is -0.511. The normalized spacial score (nSPS) is 20.8. The lowest BCUT2D eigenvalue weighted by Crippen LogP contribution is -2.29. The SMILES string of the molecule is O=CC1(COCCS(=O)(=O)O)C=Cc2ccccc2N=C1. The molecule has 112 valence electrons. The van der Waals surface area contributed by atoms with Gasteiger partial charge in [-0.2, -0.15) is 8.42 Å². The van der Waals surface area contributed by atoms with Crippen molar-refractivity contribution in [2.24, 2.45) is 10.4 Å². The van der Waals surface area contributed by atoms with Crippen molar-refractivity contribution >= 4 is 34.4 Å². The summed E-state index contributed by atoms with van der Waals surface area (Å²) in [6.45, 7) is -0.233. The molecule has 0 aromatic heterocycles. The van der Waals surface area contributed by atoms with Crippen molar-refractivity contribution in [2.75, 3.05) is 19.0 Å². The van der Waals surface area contributed by atoms with Gasteiger partial charge in [-0.05, 0) is 11.6 Å². The van der Waals surface area contributed by atoms with Crippen LogP contribution in [0.25, 0.3) is 6.08 Å². The average Bonchev–Trinajstić information content (AvgIpc) is 2.64. The van der Waals surface area contributed by atoms with E-state index >= 15 is 0 Å². The summed E-state index contributed by atoms with van der Waals surface area (Å²) in [6.07, 6.45) is 5.63. The lowest BCUT2D eigenvalue weighted by atomic mass is 9.92. The fourth-order valence-electron chi connectivity index (χ4n) is 1.83. The minimum Gasteiger partial charge on any atom is -0.379 e. The van der Waals surface area contributed by atoms with Crippen LogP contribution < -0.4 is 0 Å². The van der Waals surface area contributed by atoms with Crippen LogP contribution in [0.5, 0.6) is 0 Å². The maximum absolute atomic E-state index is 11.4. The van der Waals surface area contributed by atoms with Gasteiger partial charge in [0, 0.05) is 6.21 Å². The third-order valence-corrected chi connectivity index (χ3v) is 3.69. The molecule has 1 heterocycles. The van der Waals surface area contributed by atoms with Gasteiger partial charge in [0.05, 0.1) is 24.7 Å². The Bertz CT molecular complexity index is 645. The molecule has 1 unspecified atom stereocenters. The van der Waals surface area contributed by atoms with E-state index in [1.54, 1.807) is 12.2 Å². The summed E-state index contributed by atoms with van der Waals surface area (Å²) in [7, 11) is -4.07. The fraction of sp³-hybridized carbons (Fsp3) is 0.286. The molecule has 0 saturated carbocycles. The Morgan fingerprint density at radius 3 is 2.81 bits per heavy atom. The van der Waals surface area contributed by atoms with E-state index in [4.69, 9.17) is 9.29 Å². The first kappa shape index (κ1) is 15.6. The van der Waals surface area contributed by atoms with E-state index < -0.39 is 21.3 Å². The van der Waals surface area contributed by atoms with E-state index in [1.165, 1.54) is 6.21 Å². The molecule has 6 nitrogen and oxygen atoms in total. The molecule has 2 rings (SSSR count). The third-order valence-electron chi connectivity index (χ3n) is 3.01. The fourth-order valence-corrected chi connectivity index (χ4v) is 2.15. The zero-order chi connectivity index (χ0) is 15.3. The van der Waals surface area contributed by atoms with Crippen LogP contribution in [0.15, 0.2) is 35.3 Å². The highest BCUT2D eigenvalue weighted by atomic mass is 32.2. The number of benzene rings is 1. The summed E-state index contributed by atoms with van der Waals surface area (Å²) in [4.78, 5) is 15.7. The van der Waals surface area contributed by atoms with Crippen molar-refractivity contribution in [1.82, 2.24) is 0 Å². The van der Waals surface area contributed by atoms with Crippen LogP contribution in [0.2, 0.25) is 0 Å². The van der Waals surface area contributed by atoms with Gasteiger partial charge in [0.25, 0.3) is 10.1 Å². The van der Waals surface area contributed by atoms with Crippen LogP contribution in [0.1, 0.15) is 5.56 Å². The topological polar surface area (TPSA) is 93.0 Å². The molecule has 1 N–H and O–H groups in total. The lowest BCUT2D eigenvalue weighted by molar-refractivity contribution is -0.113. The monoisotopic (exact) mass is 309 g/mol. The maximum atomic E-state index is 11.4. The predicted octanol–water partition coefficient (Wildman–Crippen LogP) is 1.51.